The lowest BCUT2D eigenvalue weighted by Gasteiger charge is -2.06. The van der Waals surface area contributed by atoms with Crippen LogP contribution in [0.5, 0.6) is 0 Å². The molecule has 92 valence electrons. The number of nitrogens with one attached hydrogen (secondary N) is 1. The third kappa shape index (κ3) is 2.05. The van der Waals surface area contributed by atoms with Crippen molar-refractivity contribution in [2.45, 2.75) is 6.10 Å². The van der Waals surface area contributed by atoms with Crippen LogP contribution in [0.1, 0.15) is 16.5 Å². The Morgan fingerprint density at radius 2 is 2.00 bits per heavy atom. The molecule has 2 nitrogen and oxygen atoms in total. The summed E-state index contributed by atoms with van der Waals surface area (Å²) >= 11 is 8.43. The van der Waals surface area contributed by atoms with Crippen molar-refractivity contribution in [1.82, 2.24) is 4.98 Å². The number of rotatable bonds is 2. The summed E-state index contributed by atoms with van der Waals surface area (Å²) in [6.45, 7) is 0. The summed E-state index contributed by atoms with van der Waals surface area (Å²) in [5.74, 6) is 0. The Kier molecular flexibility index (Phi) is 3.32. The summed E-state index contributed by atoms with van der Waals surface area (Å²) in [6, 6.07) is 9.93. The van der Waals surface area contributed by atoms with Crippen molar-refractivity contribution in [3.05, 3.63) is 55.2 Å². The van der Waals surface area contributed by atoms with E-state index in [-0.39, 0.29) is 0 Å². The van der Waals surface area contributed by atoms with Gasteiger partial charge in [-0.3, -0.25) is 0 Å². The Hall–Kier alpha value is -0.620. The van der Waals surface area contributed by atoms with Gasteiger partial charge in [-0.2, -0.15) is 0 Å². The maximum absolute atomic E-state index is 10.5. The van der Waals surface area contributed by atoms with Crippen molar-refractivity contribution >= 4 is 54.1 Å². The fourth-order valence-corrected chi connectivity index (χ4v) is 4.07. The molecule has 0 aliphatic carbocycles. The number of thiophene rings is 1. The number of fused-ring (bicyclic) bond motifs is 1. The van der Waals surface area contributed by atoms with Gasteiger partial charge in [0.25, 0.3) is 0 Å². The van der Waals surface area contributed by atoms with Crippen molar-refractivity contribution in [3.8, 4) is 0 Å². The highest BCUT2D eigenvalue weighted by Gasteiger charge is 2.18. The second-order valence-electron chi connectivity index (χ2n) is 3.96. The van der Waals surface area contributed by atoms with Gasteiger partial charge < -0.3 is 10.1 Å². The summed E-state index contributed by atoms with van der Waals surface area (Å²) in [7, 11) is 0. The average Bonchev–Trinajstić information content (AvgIpc) is 2.93. The average molecular weight is 387 g/mol. The van der Waals surface area contributed by atoms with Crippen molar-refractivity contribution in [2.24, 2.45) is 0 Å². The normalized spacial score (nSPS) is 13.1. The number of H-pyrrole nitrogens is 1. The first kappa shape index (κ1) is 12.4. The monoisotopic (exact) mass is 385 g/mol. The molecule has 0 fully saturated rings. The van der Waals surface area contributed by atoms with Gasteiger partial charge in [0.15, 0.2) is 0 Å². The molecule has 0 aliphatic rings. The molecule has 2 heterocycles. The van der Waals surface area contributed by atoms with E-state index in [1.54, 1.807) is 0 Å². The molecule has 2 aromatic heterocycles. The first-order chi connectivity index (χ1) is 8.66. The molecule has 1 aromatic carbocycles. The fourth-order valence-electron chi connectivity index (χ4n) is 1.97. The second-order valence-corrected chi connectivity index (χ2v) is 7.22. The molecule has 0 amide bonds. The van der Waals surface area contributed by atoms with E-state index < -0.39 is 6.10 Å². The quantitative estimate of drug-likeness (QED) is 0.649. The maximum Gasteiger partial charge on any atom is 0.115 e. The van der Waals surface area contributed by atoms with Gasteiger partial charge in [-0.05, 0) is 44.0 Å². The third-order valence-corrected chi connectivity index (χ3v) is 6.16. The topological polar surface area (TPSA) is 36.0 Å². The highest BCUT2D eigenvalue weighted by molar-refractivity contribution is 9.13. The van der Waals surface area contributed by atoms with E-state index in [1.807, 2.05) is 36.5 Å². The Morgan fingerprint density at radius 3 is 2.72 bits per heavy atom. The predicted molar refractivity (Wildman–Crippen MR) is 82.1 cm³/mol. The SMILES string of the molecule is OC(c1cc(Br)c(Br)s1)c1c[nH]c2ccccc12. The number of hydrogen-bond acceptors (Lipinski definition) is 2. The van der Waals surface area contributed by atoms with Crippen LogP contribution < -0.4 is 0 Å². The molecule has 0 radical (unpaired) electrons. The van der Waals surface area contributed by atoms with Crippen LogP contribution in [0.3, 0.4) is 0 Å². The largest absolute Gasteiger partial charge is 0.383 e. The second kappa shape index (κ2) is 4.81. The van der Waals surface area contributed by atoms with Gasteiger partial charge in [-0.25, -0.2) is 0 Å². The molecule has 0 spiro atoms. The summed E-state index contributed by atoms with van der Waals surface area (Å²) in [5.41, 5.74) is 1.95. The van der Waals surface area contributed by atoms with Crippen molar-refractivity contribution in [2.75, 3.05) is 0 Å². The number of aliphatic hydroxyl groups excluding tert-OH is 1. The van der Waals surface area contributed by atoms with E-state index in [0.29, 0.717) is 0 Å². The molecule has 3 aromatic rings. The molecule has 1 atom stereocenters. The van der Waals surface area contributed by atoms with Gasteiger partial charge in [0, 0.05) is 32.0 Å². The van der Waals surface area contributed by atoms with E-state index >= 15 is 0 Å². The number of hydrogen-bond donors (Lipinski definition) is 2. The van der Waals surface area contributed by atoms with E-state index in [1.165, 1.54) is 11.3 Å². The van der Waals surface area contributed by atoms with E-state index in [9.17, 15) is 5.11 Å². The van der Waals surface area contributed by atoms with Crippen LogP contribution >= 0.6 is 43.2 Å². The Morgan fingerprint density at radius 1 is 1.22 bits per heavy atom. The first-order valence-electron chi connectivity index (χ1n) is 5.35. The maximum atomic E-state index is 10.5. The molecule has 18 heavy (non-hydrogen) atoms. The molecule has 2 N–H and O–H groups in total. The Labute approximate surface area is 125 Å². The van der Waals surface area contributed by atoms with Gasteiger partial charge in [0.1, 0.15) is 6.10 Å². The molecule has 1 unspecified atom stereocenters. The van der Waals surface area contributed by atoms with Crippen molar-refractivity contribution in [1.29, 1.82) is 0 Å². The minimum atomic E-state index is -0.603. The molecule has 0 saturated heterocycles. The lowest BCUT2D eigenvalue weighted by Crippen LogP contribution is -1.95. The van der Waals surface area contributed by atoms with Crippen LogP contribution in [0.25, 0.3) is 10.9 Å². The number of benzene rings is 1. The van der Waals surface area contributed by atoms with Gasteiger partial charge in [0.2, 0.25) is 0 Å². The fraction of sp³-hybridized carbons (Fsp3) is 0.0769. The molecular formula is C13H9Br2NOS. The van der Waals surface area contributed by atoms with Crippen molar-refractivity contribution < 1.29 is 5.11 Å². The first-order valence-corrected chi connectivity index (χ1v) is 7.76. The molecule has 0 aliphatic heterocycles. The Bertz CT molecular complexity index is 684. The summed E-state index contributed by atoms with van der Waals surface area (Å²) in [4.78, 5) is 4.10. The van der Waals surface area contributed by atoms with Gasteiger partial charge in [-0.1, -0.05) is 18.2 Å². The molecular weight excluding hydrogens is 378 g/mol. The lowest BCUT2D eigenvalue weighted by molar-refractivity contribution is 0.225. The van der Waals surface area contributed by atoms with E-state index in [0.717, 1.165) is 29.6 Å². The number of aliphatic hydroxyl groups is 1. The third-order valence-electron chi connectivity index (χ3n) is 2.85. The lowest BCUT2D eigenvalue weighted by atomic mass is 10.1. The zero-order chi connectivity index (χ0) is 12.7. The van der Waals surface area contributed by atoms with Crippen molar-refractivity contribution in [3.63, 3.8) is 0 Å². The Balaban J connectivity index is 2.09. The zero-order valence-corrected chi connectivity index (χ0v) is 13.1. The van der Waals surface area contributed by atoms with Crippen LogP contribution in [-0.2, 0) is 0 Å². The molecule has 5 heteroatoms. The highest BCUT2D eigenvalue weighted by atomic mass is 79.9. The minimum Gasteiger partial charge on any atom is -0.383 e. The number of para-hydroxylation sites is 1. The van der Waals surface area contributed by atoms with Gasteiger partial charge >= 0.3 is 0 Å². The van der Waals surface area contributed by atoms with Crippen LogP contribution in [0, 0.1) is 0 Å². The zero-order valence-electron chi connectivity index (χ0n) is 9.15. The molecule has 0 saturated carbocycles. The van der Waals surface area contributed by atoms with Crippen LogP contribution in [-0.4, -0.2) is 10.1 Å². The predicted octanol–water partition coefficient (Wildman–Crippen LogP) is 4.84. The minimum absolute atomic E-state index is 0.603. The summed E-state index contributed by atoms with van der Waals surface area (Å²) in [5, 5.41) is 11.5. The van der Waals surface area contributed by atoms with Crippen LogP contribution in [0.15, 0.2) is 44.8 Å². The highest BCUT2D eigenvalue weighted by Crippen LogP contribution is 2.39. The summed E-state index contributed by atoms with van der Waals surface area (Å²) < 4.78 is 1.97. The molecule has 3 rings (SSSR count). The smallest absolute Gasteiger partial charge is 0.115 e. The van der Waals surface area contributed by atoms with E-state index in [2.05, 4.69) is 36.8 Å². The number of aromatic amines is 1. The summed E-state index contributed by atoms with van der Waals surface area (Å²) in [6.07, 6.45) is 1.27. The van der Waals surface area contributed by atoms with Crippen LogP contribution in [0.2, 0.25) is 0 Å². The van der Waals surface area contributed by atoms with Gasteiger partial charge in [-0.15, -0.1) is 11.3 Å². The number of aromatic nitrogens is 1. The number of halogens is 2. The van der Waals surface area contributed by atoms with E-state index in [4.69, 9.17) is 0 Å². The standard InChI is InChI=1S/C13H9Br2NOS/c14-9-5-11(18-13(9)15)12(17)8-6-16-10-4-2-1-3-7(8)10/h1-6,12,16-17H. The molecule has 0 bridgehead atoms. The van der Waals surface area contributed by atoms with Crippen LogP contribution in [0.4, 0.5) is 0 Å². The van der Waals surface area contributed by atoms with Gasteiger partial charge in [0.05, 0.1) is 3.79 Å².